The van der Waals surface area contributed by atoms with Crippen LogP contribution in [0.25, 0.3) is 93.7 Å². The summed E-state index contributed by atoms with van der Waals surface area (Å²) in [6.45, 7) is 15.4. The van der Waals surface area contributed by atoms with Gasteiger partial charge in [-0.2, -0.15) is 5.26 Å². The van der Waals surface area contributed by atoms with Gasteiger partial charge in [-0.3, -0.25) is 0 Å². The number of benzene rings is 6. The fraction of sp³-hybridized carbons (Fsp3) is 0.0833. The Morgan fingerprint density at radius 2 is 0.983 bits per heavy atom. The molecular weight excluding hydrogens is 717 g/mol. The minimum atomic E-state index is 0.495. The van der Waals surface area contributed by atoms with Crippen LogP contribution in [-0.2, 0) is 0 Å². The minimum absolute atomic E-state index is 0.495. The van der Waals surface area contributed by atoms with Gasteiger partial charge in [-0.05, 0) is 100.0 Å². The highest BCUT2D eigenvalue weighted by Gasteiger charge is 2.23. The highest BCUT2D eigenvalue weighted by Crippen LogP contribution is 2.42. The van der Waals surface area contributed by atoms with Crippen molar-refractivity contribution in [2.75, 3.05) is 0 Å². The lowest BCUT2D eigenvalue weighted by molar-refractivity contribution is 0.928. The summed E-state index contributed by atoms with van der Waals surface area (Å²) in [6, 6.07) is 43.3. The topological polar surface area (TPSA) is 115 Å². The molecule has 0 amide bonds. The van der Waals surface area contributed by atoms with E-state index in [1.807, 2.05) is 94.4 Å². The Morgan fingerprint density at radius 3 is 1.50 bits per heavy atom. The summed E-state index contributed by atoms with van der Waals surface area (Å²) < 4.78 is 4.39. The van der Waals surface area contributed by atoms with Gasteiger partial charge in [0.2, 0.25) is 0 Å². The van der Waals surface area contributed by atoms with Crippen LogP contribution in [0.5, 0.6) is 0 Å². The van der Waals surface area contributed by atoms with Gasteiger partial charge in [-0.25, -0.2) is 34.7 Å². The van der Waals surface area contributed by atoms with E-state index in [2.05, 4.69) is 105 Å². The standard InChI is InChI=1S/C48H32N10/c1-27-51-28(2)54-47(53-27)32-17-19-43-39(22-32)36-13-6-8-15-41(36)57(43)45-25-38(31-11-10-12-35(21-31)50-5)46(24-34(45)26-49)58-42-16-9-7-14-37(42)40-23-33(18-20-44(40)58)48-55-29(3)52-30(4)56-48/h6-25H,1-4H3. The van der Waals surface area contributed by atoms with Gasteiger partial charge >= 0.3 is 0 Å². The summed E-state index contributed by atoms with van der Waals surface area (Å²) in [7, 11) is 0. The van der Waals surface area contributed by atoms with E-state index in [-0.39, 0.29) is 0 Å². The van der Waals surface area contributed by atoms with Gasteiger partial charge in [-0.15, -0.1) is 0 Å². The molecule has 4 aromatic heterocycles. The van der Waals surface area contributed by atoms with Crippen LogP contribution in [0.2, 0.25) is 0 Å². The zero-order valence-corrected chi connectivity index (χ0v) is 32.0. The molecule has 10 nitrogen and oxygen atoms in total. The summed E-state index contributed by atoms with van der Waals surface area (Å²) in [5.74, 6) is 3.89. The van der Waals surface area contributed by atoms with Crippen molar-refractivity contribution in [2.45, 2.75) is 27.7 Å². The van der Waals surface area contributed by atoms with Crippen molar-refractivity contribution in [2.24, 2.45) is 0 Å². The number of nitrogens with zero attached hydrogens (tertiary/aromatic N) is 10. The number of para-hydroxylation sites is 2. The number of aromatic nitrogens is 8. The Morgan fingerprint density at radius 1 is 0.483 bits per heavy atom. The molecule has 0 aliphatic rings. The fourth-order valence-corrected chi connectivity index (χ4v) is 8.24. The van der Waals surface area contributed by atoms with Crippen molar-refractivity contribution >= 4 is 49.3 Å². The summed E-state index contributed by atoms with van der Waals surface area (Å²) >= 11 is 0. The molecule has 10 rings (SSSR count). The molecule has 0 aliphatic carbocycles. The molecule has 0 bridgehead atoms. The molecule has 10 aromatic rings. The van der Waals surface area contributed by atoms with Crippen LogP contribution in [0, 0.1) is 45.6 Å². The Bertz CT molecular complexity index is 3390. The van der Waals surface area contributed by atoms with E-state index < -0.39 is 0 Å². The number of rotatable bonds is 5. The lowest BCUT2D eigenvalue weighted by atomic mass is 9.98. The third-order valence-corrected chi connectivity index (χ3v) is 10.6. The third-order valence-electron chi connectivity index (χ3n) is 10.6. The number of aryl methyl sites for hydroxylation is 4. The maximum absolute atomic E-state index is 11.1. The lowest BCUT2D eigenvalue weighted by Gasteiger charge is -2.19. The SMILES string of the molecule is [C-]#[N+]c1cccc(-c2cc(-n3c4ccccc4c4cc(-c5nc(C)nc(C)n5)ccc43)c(C#N)cc2-n2c3ccccc3c3cc(-c4nc(C)nc(C)n4)ccc32)c1. The van der Waals surface area contributed by atoms with Crippen molar-refractivity contribution in [1.82, 2.24) is 39.0 Å². The molecule has 0 saturated carbocycles. The molecule has 58 heavy (non-hydrogen) atoms. The second-order valence-electron chi connectivity index (χ2n) is 14.3. The second-order valence-corrected chi connectivity index (χ2v) is 14.3. The number of hydrogen-bond acceptors (Lipinski definition) is 7. The normalized spacial score (nSPS) is 11.4. The van der Waals surface area contributed by atoms with Gasteiger partial charge in [0.25, 0.3) is 0 Å². The quantitative estimate of drug-likeness (QED) is 0.161. The van der Waals surface area contributed by atoms with Crippen LogP contribution >= 0.6 is 0 Å². The molecule has 0 N–H and O–H groups in total. The average Bonchev–Trinajstić information content (AvgIpc) is 3.74. The van der Waals surface area contributed by atoms with E-state index in [1.54, 1.807) is 0 Å². The van der Waals surface area contributed by atoms with Crippen LogP contribution in [-0.4, -0.2) is 39.0 Å². The van der Waals surface area contributed by atoms with Gasteiger partial charge in [-0.1, -0.05) is 54.6 Å². The smallest absolute Gasteiger partial charge is 0.187 e. The second kappa shape index (κ2) is 13.3. The molecule has 0 atom stereocenters. The monoisotopic (exact) mass is 748 g/mol. The van der Waals surface area contributed by atoms with Crippen molar-refractivity contribution in [3.05, 3.63) is 162 Å². The molecular formula is C48H32N10. The zero-order chi connectivity index (χ0) is 39.7. The first-order valence-electron chi connectivity index (χ1n) is 18.8. The number of hydrogen-bond donors (Lipinski definition) is 0. The Hall–Kier alpha value is -8.08. The average molecular weight is 749 g/mol. The molecule has 0 radical (unpaired) electrons. The zero-order valence-electron chi connectivity index (χ0n) is 32.0. The maximum Gasteiger partial charge on any atom is 0.187 e. The molecule has 0 fully saturated rings. The van der Waals surface area contributed by atoms with Crippen molar-refractivity contribution in [3.63, 3.8) is 0 Å². The molecule has 0 saturated heterocycles. The van der Waals surface area contributed by atoms with Crippen LogP contribution in [0.4, 0.5) is 5.69 Å². The van der Waals surface area contributed by atoms with Crippen LogP contribution in [0.1, 0.15) is 28.9 Å². The summed E-state index contributed by atoms with van der Waals surface area (Å²) in [4.78, 5) is 31.1. The third kappa shape index (κ3) is 5.55. The summed E-state index contributed by atoms with van der Waals surface area (Å²) in [5.41, 5.74) is 9.88. The van der Waals surface area contributed by atoms with Crippen molar-refractivity contribution in [1.29, 1.82) is 5.26 Å². The van der Waals surface area contributed by atoms with E-state index in [0.29, 0.717) is 46.2 Å². The van der Waals surface area contributed by atoms with Crippen LogP contribution in [0.3, 0.4) is 0 Å². The number of nitriles is 1. The van der Waals surface area contributed by atoms with E-state index in [0.717, 1.165) is 77.2 Å². The molecule has 6 aromatic carbocycles. The first-order valence-corrected chi connectivity index (χ1v) is 18.8. The molecule has 10 heteroatoms. The van der Waals surface area contributed by atoms with Crippen LogP contribution in [0.15, 0.2) is 121 Å². The fourth-order valence-electron chi connectivity index (χ4n) is 8.24. The highest BCUT2D eigenvalue weighted by molar-refractivity contribution is 6.12. The predicted molar refractivity (Wildman–Crippen MR) is 228 cm³/mol. The van der Waals surface area contributed by atoms with Gasteiger partial charge < -0.3 is 9.13 Å². The van der Waals surface area contributed by atoms with E-state index in [1.165, 1.54) is 0 Å². The summed E-state index contributed by atoms with van der Waals surface area (Å²) in [6.07, 6.45) is 0. The van der Waals surface area contributed by atoms with Gasteiger partial charge in [0.1, 0.15) is 29.4 Å². The van der Waals surface area contributed by atoms with Gasteiger partial charge in [0, 0.05) is 38.2 Å². The van der Waals surface area contributed by atoms with Crippen LogP contribution < -0.4 is 0 Å². The van der Waals surface area contributed by atoms with E-state index in [9.17, 15) is 5.26 Å². The Kier molecular flexibility index (Phi) is 7.89. The van der Waals surface area contributed by atoms with Gasteiger partial charge in [0.05, 0.1) is 45.6 Å². The lowest BCUT2D eigenvalue weighted by Crippen LogP contribution is -2.04. The molecule has 4 heterocycles. The molecule has 0 spiro atoms. The first kappa shape index (κ1) is 34.4. The largest absolute Gasteiger partial charge is 0.309 e. The highest BCUT2D eigenvalue weighted by atomic mass is 15.0. The Labute approximate surface area is 333 Å². The Balaban J connectivity index is 1.26. The first-order chi connectivity index (χ1) is 28.3. The van der Waals surface area contributed by atoms with Crippen molar-refractivity contribution in [3.8, 4) is 51.3 Å². The number of fused-ring (bicyclic) bond motifs is 6. The van der Waals surface area contributed by atoms with Crippen molar-refractivity contribution < 1.29 is 0 Å². The molecule has 0 unspecified atom stereocenters. The summed E-state index contributed by atoms with van der Waals surface area (Å²) in [5, 5.41) is 15.2. The predicted octanol–water partition coefficient (Wildman–Crippen LogP) is 10.9. The van der Waals surface area contributed by atoms with Gasteiger partial charge in [0.15, 0.2) is 17.3 Å². The molecule has 0 aliphatic heterocycles. The minimum Gasteiger partial charge on any atom is -0.309 e. The van der Waals surface area contributed by atoms with E-state index in [4.69, 9.17) is 6.57 Å². The van der Waals surface area contributed by atoms with E-state index >= 15 is 0 Å². The molecule has 274 valence electrons. The maximum atomic E-state index is 11.1.